The van der Waals surface area contributed by atoms with Crippen molar-refractivity contribution >= 4 is 23.6 Å². The molecule has 0 spiro atoms. The number of thioether (sulfide) groups is 1. The van der Waals surface area contributed by atoms with Crippen LogP contribution in [0.25, 0.3) is 0 Å². The number of carboxylic acid groups (broad SMARTS) is 1. The van der Waals surface area contributed by atoms with Crippen LogP contribution in [-0.2, 0) is 9.59 Å². The standard InChI is InChI=1S/C15H20FNO3S/c1-15(2,3)17(10-14(19)20)13(18)8-9-21-12-6-4-11(16)5-7-12/h4-7H,8-10H2,1-3H3,(H,19,20). The maximum Gasteiger partial charge on any atom is 0.323 e. The Morgan fingerprint density at radius 3 is 2.29 bits per heavy atom. The Hall–Kier alpha value is -1.56. The molecule has 0 aliphatic carbocycles. The monoisotopic (exact) mass is 313 g/mol. The molecule has 1 N–H and O–H groups in total. The van der Waals surface area contributed by atoms with Crippen LogP contribution in [0.3, 0.4) is 0 Å². The van der Waals surface area contributed by atoms with E-state index in [0.717, 1.165) is 4.90 Å². The Morgan fingerprint density at radius 1 is 1.24 bits per heavy atom. The summed E-state index contributed by atoms with van der Waals surface area (Å²) in [5.74, 6) is -0.990. The van der Waals surface area contributed by atoms with Crippen molar-refractivity contribution in [1.29, 1.82) is 0 Å². The van der Waals surface area contributed by atoms with Crippen LogP contribution in [0, 0.1) is 5.82 Å². The second-order valence-electron chi connectivity index (χ2n) is 5.60. The Morgan fingerprint density at radius 2 is 1.81 bits per heavy atom. The first-order chi connectivity index (χ1) is 9.70. The van der Waals surface area contributed by atoms with E-state index < -0.39 is 11.5 Å². The number of carbonyl (C=O) groups is 2. The zero-order chi connectivity index (χ0) is 16.0. The third kappa shape index (κ3) is 6.16. The summed E-state index contributed by atoms with van der Waals surface area (Å²) in [7, 11) is 0. The lowest BCUT2D eigenvalue weighted by atomic mass is 10.1. The van der Waals surface area contributed by atoms with Gasteiger partial charge in [0.25, 0.3) is 0 Å². The lowest BCUT2D eigenvalue weighted by Crippen LogP contribution is -2.48. The summed E-state index contributed by atoms with van der Waals surface area (Å²) in [5.41, 5.74) is -0.532. The fraction of sp³-hybridized carbons (Fsp3) is 0.467. The van der Waals surface area contributed by atoms with E-state index in [1.165, 1.54) is 28.8 Å². The molecular weight excluding hydrogens is 293 g/mol. The number of amides is 1. The van der Waals surface area contributed by atoms with Crippen molar-refractivity contribution < 1.29 is 19.1 Å². The molecule has 116 valence electrons. The molecule has 0 radical (unpaired) electrons. The normalized spacial score (nSPS) is 11.2. The molecular formula is C15H20FNO3S. The lowest BCUT2D eigenvalue weighted by molar-refractivity contribution is -0.148. The number of benzene rings is 1. The van der Waals surface area contributed by atoms with E-state index >= 15 is 0 Å². The number of halogens is 1. The molecule has 0 bridgehead atoms. The average Bonchev–Trinajstić information content (AvgIpc) is 2.36. The first kappa shape index (κ1) is 17.5. The molecule has 0 atom stereocenters. The summed E-state index contributed by atoms with van der Waals surface area (Å²) in [5, 5.41) is 8.89. The highest BCUT2D eigenvalue weighted by Gasteiger charge is 2.27. The van der Waals surface area contributed by atoms with Crippen molar-refractivity contribution in [2.75, 3.05) is 12.3 Å². The smallest absolute Gasteiger partial charge is 0.323 e. The highest BCUT2D eigenvalue weighted by Crippen LogP contribution is 2.21. The minimum absolute atomic E-state index is 0.195. The highest BCUT2D eigenvalue weighted by molar-refractivity contribution is 7.99. The van der Waals surface area contributed by atoms with Crippen LogP contribution >= 0.6 is 11.8 Å². The van der Waals surface area contributed by atoms with Gasteiger partial charge in [-0.25, -0.2) is 4.39 Å². The fourth-order valence-corrected chi connectivity index (χ4v) is 2.60. The minimum Gasteiger partial charge on any atom is -0.480 e. The van der Waals surface area contributed by atoms with Gasteiger partial charge < -0.3 is 10.0 Å². The van der Waals surface area contributed by atoms with E-state index in [4.69, 9.17) is 5.11 Å². The Balaban J connectivity index is 2.54. The van der Waals surface area contributed by atoms with Gasteiger partial charge in [0.1, 0.15) is 12.4 Å². The molecule has 0 unspecified atom stereocenters. The van der Waals surface area contributed by atoms with Crippen LogP contribution < -0.4 is 0 Å². The van der Waals surface area contributed by atoms with Crippen molar-refractivity contribution in [3.05, 3.63) is 30.1 Å². The van der Waals surface area contributed by atoms with Gasteiger partial charge in [0, 0.05) is 22.6 Å². The first-order valence-electron chi connectivity index (χ1n) is 6.61. The Bertz CT molecular complexity index is 497. The van der Waals surface area contributed by atoms with Gasteiger partial charge in [-0.15, -0.1) is 11.8 Å². The van der Waals surface area contributed by atoms with Gasteiger partial charge >= 0.3 is 5.97 Å². The van der Waals surface area contributed by atoms with Gasteiger partial charge in [0.2, 0.25) is 5.91 Å². The molecule has 6 heteroatoms. The van der Waals surface area contributed by atoms with Crippen molar-refractivity contribution in [2.24, 2.45) is 0 Å². The van der Waals surface area contributed by atoms with Gasteiger partial charge in [-0.2, -0.15) is 0 Å². The minimum atomic E-state index is -1.02. The van der Waals surface area contributed by atoms with Crippen molar-refractivity contribution in [3.63, 3.8) is 0 Å². The third-order valence-corrected chi connectivity index (χ3v) is 3.82. The van der Waals surface area contributed by atoms with E-state index in [2.05, 4.69) is 0 Å². The number of rotatable bonds is 6. The topological polar surface area (TPSA) is 57.6 Å². The molecule has 0 saturated carbocycles. The summed E-state index contributed by atoms with van der Waals surface area (Å²) in [6, 6.07) is 6.05. The molecule has 0 aliphatic rings. The Labute approximate surface area is 128 Å². The van der Waals surface area contributed by atoms with Crippen LogP contribution in [-0.4, -0.2) is 39.7 Å². The molecule has 0 aromatic heterocycles. The lowest BCUT2D eigenvalue weighted by Gasteiger charge is -2.34. The summed E-state index contributed by atoms with van der Waals surface area (Å²) >= 11 is 1.44. The largest absolute Gasteiger partial charge is 0.480 e. The number of carbonyl (C=O) groups excluding carboxylic acids is 1. The summed E-state index contributed by atoms with van der Waals surface area (Å²) < 4.78 is 12.8. The number of nitrogens with zero attached hydrogens (tertiary/aromatic N) is 1. The van der Waals surface area contributed by atoms with Crippen LogP contribution in [0.5, 0.6) is 0 Å². The first-order valence-corrected chi connectivity index (χ1v) is 7.59. The van der Waals surface area contributed by atoms with Crippen LogP contribution in [0.4, 0.5) is 4.39 Å². The second kappa shape index (κ2) is 7.45. The van der Waals surface area contributed by atoms with Crippen molar-refractivity contribution in [2.45, 2.75) is 37.6 Å². The van der Waals surface area contributed by atoms with Crippen LogP contribution in [0.2, 0.25) is 0 Å². The number of hydrogen-bond donors (Lipinski definition) is 1. The molecule has 0 aliphatic heterocycles. The van der Waals surface area contributed by atoms with Gasteiger partial charge in [-0.1, -0.05) is 0 Å². The van der Waals surface area contributed by atoms with E-state index in [1.54, 1.807) is 32.9 Å². The van der Waals surface area contributed by atoms with Gasteiger partial charge in [-0.05, 0) is 45.0 Å². The van der Waals surface area contributed by atoms with Crippen molar-refractivity contribution in [1.82, 2.24) is 4.90 Å². The van der Waals surface area contributed by atoms with Gasteiger partial charge in [0.15, 0.2) is 0 Å². The van der Waals surface area contributed by atoms with Crippen molar-refractivity contribution in [3.8, 4) is 0 Å². The number of carboxylic acids is 1. The molecule has 1 aromatic rings. The molecule has 0 saturated heterocycles. The second-order valence-corrected chi connectivity index (χ2v) is 6.77. The molecule has 4 nitrogen and oxygen atoms in total. The van der Waals surface area contributed by atoms with E-state index in [9.17, 15) is 14.0 Å². The summed E-state index contributed by atoms with van der Waals surface area (Å²) in [6.45, 7) is 5.12. The summed E-state index contributed by atoms with van der Waals surface area (Å²) in [4.78, 5) is 25.3. The molecule has 0 heterocycles. The number of aliphatic carboxylic acids is 1. The maximum absolute atomic E-state index is 12.8. The highest BCUT2D eigenvalue weighted by atomic mass is 32.2. The van der Waals surface area contributed by atoms with E-state index in [0.29, 0.717) is 5.75 Å². The predicted octanol–water partition coefficient (Wildman–Crippen LogP) is 3.02. The molecule has 1 amide bonds. The SMILES string of the molecule is CC(C)(C)N(CC(=O)O)C(=O)CCSc1ccc(F)cc1. The average molecular weight is 313 g/mol. The third-order valence-electron chi connectivity index (χ3n) is 2.80. The maximum atomic E-state index is 12.8. The fourth-order valence-electron chi connectivity index (χ4n) is 1.76. The molecule has 1 rings (SSSR count). The van der Waals surface area contributed by atoms with Gasteiger partial charge in [0.05, 0.1) is 0 Å². The zero-order valence-electron chi connectivity index (χ0n) is 12.4. The summed E-state index contributed by atoms with van der Waals surface area (Å²) in [6.07, 6.45) is 0.243. The number of hydrogen-bond acceptors (Lipinski definition) is 3. The molecule has 21 heavy (non-hydrogen) atoms. The van der Waals surface area contributed by atoms with Crippen LogP contribution in [0.1, 0.15) is 27.2 Å². The molecule has 1 aromatic carbocycles. The van der Waals surface area contributed by atoms with Gasteiger partial charge in [-0.3, -0.25) is 9.59 Å². The van der Waals surface area contributed by atoms with E-state index in [-0.39, 0.29) is 24.7 Å². The van der Waals surface area contributed by atoms with E-state index in [1.807, 2.05) is 0 Å². The predicted molar refractivity (Wildman–Crippen MR) is 80.8 cm³/mol. The van der Waals surface area contributed by atoms with Crippen LogP contribution in [0.15, 0.2) is 29.2 Å². The zero-order valence-corrected chi connectivity index (χ0v) is 13.2. The molecule has 0 fully saturated rings. The Kier molecular flexibility index (Phi) is 6.20. The quantitative estimate of drug-likeness (QED) is 0.820.